The molecule has 0 spiro atoms. The van der Waals surface area contributed by atoms with Gasteiger partial charge in [0.1, 0.15) is 17.3 Å². The van der Waals surface area contributed by atoms with Crippen LogP contribution in [0.4, 0.5) is 11.4 Å². The van der Waals surface area contributed by atoms with Crippen LogP contribution in [-0.2, 0) is 10.8 Å². The third-order valence-corrected chi connectivity index (χ3v) is 12.0. The molecule has 1 aliphatic rings. The lowest BCUT2D eigenvalue weighted by Crippen LogP contribution is -2.27. The van der Waals surface area contributed by atoms with E-state index in [-0.39, 0.29) is 10.8 Å². The first kappa shape index (κ1) is 37.0. The lowest BCUT2D eigenvalue weighted by atomic mass is 9.78. The van der Waals surface area contributed by atoms with Gasteiger partial charge in [0.05, 0.1) is 17.7 Å². The fraction of sp³-hybridized carbons (Fsp3) is 0.189. The van der Waals surface area contributed by atoms with Gasteiger partial charge in [-0.15, -0.1) is 0 Å². The lowest BCUT2D eigenvalue weighted by molar-refractivity contribution is 0.483. The van der Waals surface area contributed by atoms with Crippen molar-refractivity contribution in [3.63, 3.8) is 0 Å². The number of hydrogen-bond donors (Lipinski definition) is 0. The van der Waals surface area contributed by atoms with Gasteiger partial charge in [0, 0.05) is 57.3 Å². The first-order valence-corrected chi connectivity index (χ1v) is 20.2. The van der Waals surface area contributed by atoms with Gasteiger partial charge in [-0.05, 0) is 102 Å². The van der Waals surface area contributed by atoms with Crippen LogP contribution in [0.1, 0.15) is 65.2 Å². The van der Waals surface area contributed by atoms with Gasteiger partial charge in [0.15, 0.2) is 0 Å². The molecule has 0 amide bonds. The number of pyridine rings is 1. The van der Waals surface area contributed by atoms with Crippen LogP contribution < -0.4 is 14.5 Å². The summed E-state index contributed by atoms with van der Waals surface area (Å²) < 4.78 is 9.18. The Morgan fingerprint density at radius 1 is 0.500 bits per heavy atom. The van der Waals surface area contributed by atoms with E-state index in [2.05, 4.69) is 221 Å². The molecule has 0 bridgehead atoms. The van der Waals surface area contributed by atoms with Crippen molar-refractivity contribution in [2.24, 2.45) is 0 Å². The molecule has 288 valence electrons. The fourth-order valence-corrected chi connectivity index (χ4v) is 8.38. The summed E-state index contributed by atoms with van der Waals surface area (Å²) in [6, 6.07) is 56.2. The highest BCUT2D eigenvalue weighted by Crippen LogP contribution is 2.41. The van der Waals surface area contributed by atoms with Crippen LogP contribution in [0.5, 0.6) is 11.5 Å². The average molecular weight is 759 g/mol. The smallest absolute Gasteiger partial charge is 0.137 e. The number of rotatable bonds is 8. The summed E-state index contributed by atoms with van der Waals surface area (Å²) in [7, 11) is 0. The molecule has 2 aromatic heterocycles. The van der Waals surface area contributed by atoms with Crippen molar-refractivity contribution in [2.45, 2.75) is 59.3 Å². The Balaban J connectivity index is 1.12. The maximum absolute atomic E-state index is 6.91. The molecule has 0 fully saturated rings. The van der Waals surface area contributed by atoms with Crippen molar-refractivity contribution in [2.75, 3.05) is 16.5 Å². The molecule has 0 unspecified atom stereocenters. The molecular formula is C53H50N4O. The number of anilines is 2. The average Bonchev–Trinajstić information content (AvgIpc) is 3.73. The molecule has 8 aromatic rings. The monoisotopic (exact) mass is 758 g/mol. The Labute approximate surface area is 342 Å². The van der Waals surface area contributed by atoms with Crippen LogP contribution in [0.25, 0.3) is 38.8 Å². The summed E-state index contributed by atoms with van der Waals surface area (Å²) in [6.45, 7) is 16.5. The second-order valence-corrected chi connectivity index (χ2v) is 17.1. The van der Waals surface area contributed by atoms with Crippen LogP contribution >= 0.6 is 0 Å². The molecule has 5 nitrogen and oxygen atoms in total. The highest BCUT2D eigenvalue weighted by Gasteiger charge is 2.28. The molecule has 0 aliphatic carbocycles. The summed E-state index contributed by atoms with van der Waals surface area (Å²) in [5.74, 6) is 2.42. The molecule has 0 saturated heterocycles. The zero-order valence-corrected chi connectivity index (χ0v) is 34.5. The van der Waals surface area contributed by atoms with E-state index in [1.165, 1.54) is 39.2 Å². The van der Waals surface area contributed by atoms with Crippen LogP contribution in [0.2, 0.25) is 0 Å². The van der Waals surface area contributed by atoms with E-state index in [0.717, 1.165) is 50.6 Å². The number of allylic oxidation sites excluding steroid dienone is 2. The second-order valence-electron chi connectivity index (χ2n) is 17.1. The molecule has 0 saturated carbocycles. The molecule has 1 aliphatic heterocycles. The van der Waals surface area contributed by atoms with E-state index in [0.29, 0.717) is 6.67 Å². The van der Waals surface area contributed by atoms with Crippen molar-refractivity contribution in [3.8, 4) is 28.4 Å². The number of aromatic nitrogens is 2. The van der Waals surface area contributed by atoms with Crippen molar-refractivity contribution in [3.05, 3.63) is 192 Å². The highest BCUT2D eigenvalue weighted by molar-refractivity contribution is 6.09. The molecule has 6 aromatic carbocycles. The van der Waals surface area contributed by atoms with Gasteiger partial charge in [-0.3, -0.25) is 4.57 Å². The standard InChI is InChI=1S/C53H50N4O/c1-36-37(2)56(35-55(36)43-22-16-21-41(31-43)52(3,4)5)44-29-39(38-17-10-8-11-18-38)30-46(33-44)58-45-25-26-48-47-23-14-15-24-49(47)57(50(48)34-45)51-32-42(27-28-54-51)53(6,7)40-19-12-9-13-20-40/h8-34H,35H2,1-7H3. The van der Waals surface area contributed by atoms with E-state index in [1.54, 1.807) is 0 Å². The summed E-state index contributed by atoms with van der Waals surface area (Å²) in [6.07, 6.45) is 1.94. The van der Waals surface area contributed by atoms with Crippen molar-refractivity contribution >= 4 is 33.2 Å². The molecule has 58 heavy (non-hydrogen) atoms. The minimum atomic E-state index is -0.206. The lowest BCUT2D eigenvalue weighted by Gasteiger charge is -2.27. The largest absolute Gasteiger partial charge is 0.457 e. The fourth-order valence-electron chi connectivity index (χ4n) is 8.38. The Bertz CT molecular complexity index is 2830. The molecule has 3 heterocycles. The van der Waals surface area contributed by atoms with E-state index >= 15 is 0 Å². The predicted octanol–water partition coefficient (Wildman–Crippen LogP) is 13.8. The van der Waals surface area contributed by atoms with E-state index < -0.39 is 0 Å². The van der Waals surface area contributed by atoms with Crippen molar-refractivity contribution in [1.29, 1.82) is 0 Å². The van der Waals surface area contributed by atoms with Gasteiger partial charge in [0.25, 0.3) is 0 Å². The summed E-state index contributed by atoms with van der Waals surface area (Å²) in [5.41, 5.74) is 12.8. The maximum atomic E-state index is 6.91. The van der Waals surface area contributed by atoms with Gasteiger partial charge >= 0.3 is 0 Å². The Morgan fingerprint density at radius 3 is 1.93 bits per heavy atom. The van der Waals surface area contributed by atoms with Crippen LogP contribution in [0.15, 0.2) is 175 Å². The first-order valence-electron chi connectivity index (χ1n) is 20.2. The number of para-hydroxylation sites is 1. The first-order chi connectivity index (χ1) is 28.0. The molecule has 0 radical (unpaired) electrons. The maximum Gasteiger partial charge on any atom is 0.137 e. The minimum Gasteiger partial charge on any atom is -0.457 e. The summed E-state index contributed by atoms with van der Waals surface area (Å²) in [4.78, 5) is 9.78. The predicted molar refractivity (Wildman–Crippen MR) is 242 cm³/mol. The van der Waals surface area contributed by atoms with Crippen molar-refractivity contribution in [1.82, 2.24) is 9.55 Å². The Morgan fingerprint density at radius 2 is 1.17 bits per heavy atom. The van der Waals surface area contributed by atoms with Gasteiger partial charge in [0.2, 0.25) is 0 Å². The van der Waals surface area contributed by atoms with Crippen LogP contribution in [0, 0.1) is 0 Å². The quantitative estimate of drug-likeness (QED) is 0.155. The number of ether oxygens (including phenoxy) is 1. The van der Waals surface area contributed by atoms with E-state index in [1.807, 2.05) is 6.20 Å². The number of nitrogens with zero attached hydrogens (tertiary/aromatic N) is 4. The number of benzene rings is 6. The zero-order valence-electron chi connectivity index (χ0n) is 34.5. The number of hydrogen-bond acceptors (Lipinski definition) is 4. The number of fused-ring (bicyclic) bond motifs is 3. The summed E-state index contributed by atoms with van der Waals surface area (Å²) in [5, 5.41) is 2.33. The molecule has 9 rings (SSSR count). The second kappa shape index (κ2) is 14.4. The van der Waals surface area contributed by atoms with Gasteiger partial charge in [-0.1, -0.05) is 126 Å². The van der Waals surface area contributed by atoms with Gasteiger partial charge in [-0.2, -0.15) is 0 Å². The SMILES string of the molecule is CC1=C(C)N(c2cccc(C(C)(C)C)c2)CN1c1cc(Oc2ccc3c4ccccc4n(-c4cc(C(C)(C)c5ccccc5)ccn4)c3c2)cc(-c2ccccc2)c1. The zero-order chi connectivity index (χ0) is 40.2. The van der Waals surface area contributed by atoms with Crippen LogP contribution in [0.3, 0.4) is 0 Å². The third-order valence-electron chi connectivity index (χ3n) is 12.0. The molecule has 0 N–H and O–H groups in total. The topological polar surface area (TPSA) is 33.5 Å². The Kier molecular flexibility index (Phi) is 9.20. The molecular weight excluding hydrogens is 709 g/mol. The highest BCUT2D eigenvalue weighted by atomic mass is 16.5. The summed E-state index contributed by atoms with van der Waals surface area (Å²) >= 11 is 0. The minimum absolute atomic E-state index is 0.0650. The Hall–Kier alpha value is -6.59. The van der Waals surface area contributed by atoms with E-state index in [4.69, 9.17) is 9.72 Å². The van der Waals surface area contributed by atoms with Gasteiger partial charge in [-0.25, -0.2) is 4.98 Å². The van der Waals surface area contributed by atoms with Crippen molar-refractivity contribution < 1.29 is 4.74 Å². The van der Waals surface area contributed by atoms with Crippen LogP contribution in [-0.4, -0.2) is 16.2 Å². The van der Waals surface area contributed by atoms with E-state index in [9.17, 15) is 0 Å². The molecule has 0 atom stereocenters. The third kappa shape index (κ3) is 6.71. The molecule has 5 heteroatoms. The van der Waals surface area contributed by atoms with Gasteiger partial charge < -0.3 is 14.5 Å². The normalized spacial score (nSPS) is 13.6.